The lowest BCUT2D eigenvalue weighted by Gasteiger charge is -2.09. The van der Waals surface area contributed by atoms with Gasteiger partial charge in [-0.1, -0.05) is 13.5 Å². The predicted octanol–water partition coefficient (Wildman–Crippen LogP) is 2.33. The topological polar surface area (TPSA) is 55.1 Å². The maximum Gasteiger partial charge on any atom is 0.251 e. The second kappa shape index (κ2) is 11.5. The largest absolute Gasteiger partial charge is 0.351 e. The van der Waals surface area contributed by atoms with Crippen molar-refractivity contribution in [1.29, 1.82) is 0 Å². The summed E-state index contributed by atoms with van der Waals surface area (Å²) in [4.78, 5) is 10.6. The van der Waals surface area contributed by atoms with Crippen molar-refractivity contribution in [2.45, 2.75) is 39.2 Å². The molecule has 1 rings (SSSR count). The minimum absolute atomic E-state index is 0.230. The first kappa shape index (κ1) is 18.4. The molecule has 0 aromatic carbocycles. The molecule has 0 bridgehead atoms. The number of alkyl halides is 1. The zero-order valence-electron chi connectivity index (χ0n) is 10.9. The number of halogens is 2. The van der Waals surface area contributed by atoms with Gasteiger partial charge in [-0.15, -0.1) is 0 Å². The fourth-order valence-electron chi connectivity index (χ4n) is 1.60. The fraction of sp³-hybridized carbons (Fsp3) is 0.750. The highest BCUT2D eigenvalue weighted by molar-refractivity contribution is 5.77. The van der Waals surface area contributed by atoms with E-state index in [2.05, 4.69) is 24.6 Å². The molecule has 1 fully saturated rings. The van der Waals surface area contributed by atoms with Gasteiger partial charge < -0.3 is 11.1 Å². The summed E-state index contributed by atoms with van der Waals surface area (Å²) < 4.78 is 22.5. The molecule has 1 saturated carbocycles. The molecule has 0 spiro atoms. The van der Waals surface area contributed by atoms with Crippen LogP contribution in [-0.2, 0) is 4.79 Å². The van der Waals surface area contributed by atoms with Gasteiger partial charge in [0, 0.05) is 6.04 Å². The molecule has 0 heterocycles. The molecule has 3 nitrogen and oxygen atoms in total. The highest BCUT2D eigenvalue weighted by atomic mass is 19.1. The number of hydrogen-bond acceptors (Lipinski definition) is 2. The quantitative estimate of drug-likeness (QED) is 0.790. The van der Waals surface area contributed by atoms with Crippen LogP contribution in [-0.4, -0.2) is 25.7 Å². The Morgan fingerprint density at radius 2 is 1.94 bits per heavy atom. The third-order valence-corrected chi connectivity index (χ3v) is 2.18. The van der Waals surface area contributed by atoms with Crippen molar-refractivity contribution in [2.75, 3.05) is 13.7 Å². The van der Waals surface area contributed by atoms with Crippen LogP contribution in [0.2, 0.25) is 0 Å². The molecule has 0 aliphatic heterocycles. The third kappa shape index (κ3) is 13.0. The van der Waals surface area contributed by atoms with E-state index in [1.807, 2.05) is 0 Å². The van der Waals surface area contributed by atoms with Crippen LogP contribution in [0.5, 0.6) is 0 Å². The maximum atomic E-state index is 11.7. The van der Waals surface area contributed by atoms with Crippen molar-refractivity contribution in [2.24, 2.45) is 11.7 Å². The highest BCUT2D eigenvalue weighted by Gasteiger charge is 2.22. The standard InChI is InChI=1S/C8H14FNO.C3H5F.CH5N/c1-6-2-3-7(4-6)10-8(11)5-9;1-3(2)4;1-2/h6-7H,2-5H2,1H3,(H,10,11);1H2,2H3;2H2,1H3/t6-,7+;;/m0../s1. The smallest absolute Gasteiger partial charge is 0.251 e. The molecule has 1 aliphatic rings. The summed E-state index contributed by atoms with van der Waals surface area (Å²) in [6, 6.07) is 0.230. The lowest BCUT2D eigenvalue weighted by atomic mass is 10.1. The van der Waals surface area contributed by atoms with Gasteiger partial charge in [0.05, 0.1) is 5.83 Å². The molecule has 5 heteroatoms. The Balaban J connectivity index is 0. The van der Waals surface area contributed by atoms with Gasteiger partial charge in [-0.05, 0) is 39.2 Å². The van der Waals surface area contributed by atoms with E-state index in [0.717, 1.165) is 19.3 Å². The number of allylic oxidation sites excluding steroid dienone is 1. The lowest BCUT2D eigenvalue weighted by molar-refractivity contribution is -0.122. The van der Waals surface area contributed by atoms with Crippen molar-refractivity contribution < 1.29 is 13.6 Å². The first-order chi connectivity index (χ1) is 7.95. The number of amides is 1. The number of rotatable bonds is 2. The third-order valence-electron chi connectivity index (χ3n) is 2.18. The van der Waals surface area contributed by atoms with Crippen LogP contribution in [0.4, 0.5) is 8.78 Å². The van der Waals surface area contributed by atoms with E-state index in [0.29, 0.717) is 5.92 Å². The molecule has 17 heavy (non-hydrogen) atoms. The van der Waals surface area contributed by atoms with Crippen LogP contribution in [0.15, 0.2) is 12.4 Å². The van der Waals surface area contributed by atoms with Crippen LogP contribution in [0.3, 0.4) is 0 Å². The molecule has 0 radical (unpaired) electrons. The Bertz CT molecular complexity index is 219. The van der Waals surface area contributed by atoms with Crippen molar-refractivity contribution in [3.05, 3.63) is 12.4 Å². The van der Waals surface area contributed by atoms with E-state index < -0.39 is 12.6 Å². The minimum Gasteiger partial charge on any atom is -0.351 e. The first-order valence-electron chi connectivity index (χ1n) is 5.69. The molecule has 0 aromatic heterocycles. The molecule has 1 amide bonds. The van der Waals surface area contributed by atoms with Crippen molar-refractivity contribution in [1.82, 2.24) is 5.32 Å². The molecule has 3 N–H and O–H groups in total. The minimum atomic E-state index is -0.884. The van der Waals surface area contributed by atoms with E-state index in [-0.39, 0.29) is 11.9 Å². The van der Waals surface area contributed by atoms with Gasteiger partial charge in [0.25, 0.3) is 5.91 Å². The fourth-order valence-corrected chi connectivity index (χ4v) is 1.60. The summed E-state index contributed by atoms with van der Waals surface area (Å²) in [6.45, 7) is 5.46. The van der Waals surface area contributed by atoms with Gasteiger partial charge in [-0.2, -0.15) is 0 Å². The van der Waals surface area contributed by atoms with Crippen LogP contribution in [0.25, 0.3) is 0 Å². The molecule has 0 saturated heterocycles. The van der Waals surface area contributed by atoms with E-state index in [1.54, 1.807) is 0 Å². The van der Waals surface area contributed by atoms with E-state index in [4.69, 9.17) is 0 Å². The summed E-state index contributed by atoms with van der Waals surface area (Å²) in [5.74, 6) is -0.121. The zero-order chi connectivity index (χ0) is 13.8. The summed E-state index contributed by atoms with van der Waals surface area (Å²) >= 11 is 0. The van der Waals surface area contributed by atoms with Gasteiger partial charge >= 0.3 is 0 Å². The molecule has 2 atom stereocenters. The number of hydrogen-bond donors (Lipinski definition) is 2. The Morgan fingerprint density at radius 1 is 1.47 bits per heavy atom. The monoisotopic (exact) mass is 250 g/mol. The second-order valence-corrected chi connectivity index (χ2v) is 3.99. The second-order valence-electron chi connectivity index (χ2n) is 3.99. The van der Waals surface area contributed by atoms with Crippen molar-refractivity contribution in [3.8, 4) is 0 Å². The average molecular weight is 250 g/mol. The number of carbonyl (C=O) groups excluding carboxylic acids is 1. The van der Waals surface area contributed by atoms with Gasteiger partial charge in [-0.3, -0.25) is 4.79 Å². The van der Waals surface area contributed by atoms with Gasteiger partial charge in [0.1, 0.15) is 0 Å². The maximum absolute atomic E-state index is 11.7. The molecular formula is C12H24F2N2O. The van der Waals surface area contributed by atoms with Gasteiger partial charge in [0.15, 0.2) is 6.67 Å². The van der Waals surface area contributed by atoms with Crippen LogP contribution >= 0.6 is 0 Å². The molecule has 0 aromatic rings. The summed E-state index contributed by atoms with van der Waals surface area (Å²) in [5.41, 5.74) is 4.50. The molecule has 1 aliphatic carbocycles. The summed E-state index contributed by atoms with van der Waals surface area (Å²) in [5, 5.41) is 2.64. The molecule has 102 valence electrons. The zero-order valence-corrected chi connectivity index (χ0v) is 10.9. The van der Waals surface area contributed by atoms with Crippen molar-refractivity contribution in [3.63, 3.8) is 0 Å². The van der Waals surface area contributed by atoms with Crippen molar-refractivity contribution >= 4 is 5.91 Å². The average Bonchev–Trinajstić information content (AvgIpc) is 2.66. The molecular weight excluding hydrogens is 226 g/mol. The Morgan fingerprint density at radius 3 is 2.24 bits per heavy atom. The SMILES string of the molecule is C=C(C)F.CN.C[C@H]1CC[C@@H](NC(=O)CF)C1. The van der Waals surface area contributed by atoms with E-state index in [9.17, 15) is 13.6 Å². The highest BCUT2D eigenvalue weighted by Crippen LogP contribution is 2.24. The first-order valence-corrected chi connectivity index (χ1v) is 5.69. The predicted molar refractivity (Wildman–Crippen MR) is 67.0 cm³/mol. The van der Waals surface area contributed by atoms with Gasteiger partial charge in [0.2, 0.25) is 0 Å². The summed E-state index contributed by atoms with van der Waals surface area (Å²) in [6.07, 6.45) is 3.16. The Labute approximate surface area is 102 Å². The molecule has 0 unspecified atom stereocenters. The number of carbonyl (C=O) groups is 1. The normalized spacial score (nSPS) is 21.5. The van der Waals surface area contributed by atoms with Crippen LogP contribution in [0, 0.1) is 5.92 Å². The lowest BCUT2D eigenvalue weighted by Crippen LogP contribution is -2.33. The van der Waals surface area contributed by atoms with E-state index >= 15 is 0 Å². The van der Waals surface area contributed by atoms with Crippen LogP contribution < -0.4 is 11.1 Å². The Kier molecular flexibility index (Phi) is 12.5. The van der Waals surface area contributed by atoms with E-state index in [1.165, 1.54) is 14.0 Å². The summed E-state index contributed by atoms with van der Waals surface area (Å²) in [7, 11) is 1.50. The van der Waals surface area contributed by atoms with Crippen LogP contribution in [0.1, 0.15) is 33.1 Å². The Hall–Kier alpha value is -0.970. The number of nitrogens with two attached hydrogens (primary N) is 1. The van der Waals surface area contributed by atoms with Gasteiger partial charge in [-0.25, -0.2) is 8.78 Å². The number of nitrogens with one attached hydrogen (secondary N) is 1.